The summed E-state index contributed by atoms with van der Waals surface area (Å²) in [6, 6.07) is 23.5. The largest absolute Gasteiger partial charge is 0.493 e. The molecule has 0 aliphatic heterocycles. The molecule has 0 fully saturated rings. The summed E-state index contributed by atoms with van der Waals surface area (Å²) in [4.78, 5) is 2.18. The Morgan fingerprint density at radius 3 is 2.23 bits per heavy atom. The predicted molar refractivity (Wildman–Crippen MR) is 131 cm³/mol. The van der Waals surface area contributed by atoms with Gasteiger partial charge in [0, 0.05) is 19.6 Å². The van der Waals surface area contributed by atoms with Crippen LogP contribution in [-0.4, -0.2) is 32.7 Å². The van der Waals surface area contributed by atoms with Crippen molar-refractivity contribution >= 4 is 12.4 Å². The van der Waals surface area contributed by atoms with Gasteiger partial charge in [-0.3, -0.25) is 0 Å². The molecule has 0 saturated carbocycles. The Kier molecular flexibility index (Phi) is 9.86. The third-order valence-corrected chi connectivity index (χ3v) is 4.95. The van der Waals surface area contributed by atoms with E-state index in [2.05, 4.69) is 78.9 Å². The molecule has 0 atom stereocenters. The van der Waals surface area contributed by atoms with E-state index in [1.165, 1.54) is 27.8 Å². The minimum atomic E-state index is 0. The van der Waals surface area contributed by atoms with Crippen molar-refractivity contribution in [1.82, 2.24) is 10.2 Å². The van der Waals surface area contributed by atoms with E-state index in [0.29, 0.717) is 6.61 Å². The molecule has 0 radical (unpaired) electrons. The van der Waals surface area contributed by atoms with Crippen molar-refractivity contribution in [1.29, 1.82) is 0 Å². The molecule has 166 valence electrons. The third-order valence-electron chi connectivity index (χ3n) is 4.95. The van der Waals surface area contributed by atoms with Gasteiger partial charge in [-0.05, 0) is 61.0 Å². The molecular weight excluding hydrogens is 408 g/mol. The summed E-state index contributed by atoms with van der Waals surface area (Å²) >= 11 is 0. The van der Waals surface area contributed by atoms with Gasteiger partial charge in [-0.25, -0.2) is 0 Å². The highest BCUT2D eigenvalue weighted by Gasteiger charge is 2.07. The van der Waals surface area contributed by atoms with Gasteiger partial charge in [0.2, 0.25) is 0 Å². The average Bonchev–Trinajstić information content (AvgIpc) is 2.75. The summed E-state index contributed by atoms with van der Waals surface area (Å²) in [6.07, 6.45) is 0. The molecule has 0 saturated heterocycles. The van der Waals surface area contributed by atoms with Crippen molar-refractivity contribution in [3.63, 3.8) is 0 Å². The van der Waals surface area contributed by atoms with E-state index in [0.717, 1.165) is 31.1 Å². The first kappa shape index (κ1) is 24.7. The van der Waals surface area contributed by atoms with Crippen LogP contribution in [0.2, 0.25) is 0 Å². The first-order valence-corrected chi connectivity index (χ1v) is 10.4. The molecule has 0 aliphatic rings. The fourth-order valence-electron chi connectivity index (χ4n) is 3.55. The van der Waals surface area contributed by atoms with Crippen LogP contribution in [0.3, 0.4) is 0 Å². The van der Waals surface area contributed by atoms with Gasteiger partial charge in [-0.1, -0.05) is 54.6 Å². The van der Waals surface area contributed by atoms with E-state index in [-0.39, 0.29) is 12.4 Å². The van der Waals surface area contributed by atoms with E-state index < -0.39 is 0 Å². The van der Waals surface area contributed by atoms with E-state index in [1.807, 2.05) is 19.1 Å². The maximum Gasteiger partial charge on any atom is 0.161 e. The van der Waals surface area contributed by atoms with Crippen LogP contribution >= 0.6 is 12.4 Å². The van der Waals surface area contributed by atoms with Crippen molar-refractivity contribution in [3.8, 4) is 22.6 Å². The number of hydrogen-bond donors (Lipinski definition) is 1. The fourth-order valence-corrected chi connectivity index (χ4v) is 3.55. The van der Waals surface area contributed by atoms with Crippen molar-refractivity contribution in [3.05, 3.63) is 83.4 Å². The molecule has 0 bridgehead atoms. The first-order valence-electron chi connectivity index (χ1n) is 10.4. The lowest BCUT2D eigenvalue weighted by Gasteiger charge is -2.14. The molecule has 0 aliphatic carbocycles. The first-order chi connectivity index (χ1) is 14.6. The molecule has 5 heteroatoms. The summed E-state index contributed by atoms with van der Waals surface area (Å²) in [5, 5.41) is 3.57. The number of halogens is 1. The van der Waals surface area contributed by atoms with Crippen LogP contribution in [0.1, 0.15) is 23.6 Å². The Hall–Kier alpha value is -2.53. The Bertz CT molecular complexity index is 942. The lowest BCUT2D eigenvalue weighted by Crippen LogP contribution is -2.13. The number of ether oxygens (including phenoxy) is 2. The summed E-state index contributed by atoms with van der Waals surface area (Å²) in [6.45, 7) is 5.11. The van der Waals surface area contributed by atoms with Gasteiger partial charge in [0.15, 0.2) is 11.5 Å². The maximum atomic E-state index is 5.69. The van der Waals surface area contributed by atoms with Gasteiger partial charge >= 0.3 is 0 Å². The van der Waals surface area contributed by atoms with Crippen LogP contribution < -0.4 is 14.8 Å². The summed E-state index contributed by atoms with van der Waals surface area (Å²) in [7, 11) is 5.85. The molecule has 0 unspecified atom stereocenters. The smallest absolute Gasteiger partial charge is 0.161 e. The summed E-state index contributed by atoms with van der Waals surface area (Å²) in [5.74, 6) is 1.56. The van der Waals surface area contributed by atoms with Gasteiger partial charge in [0.1, 0.15) is 0 Å². The molecule has 3 aromatic carbocycles. The van der Waals surface area contributed by atoms with Crippen LogP contribution in [-0.2, 0) is 19.6 Å². The highest BCUT2D eigenvalue weighted by Crippen LogP contribution is 2.28. The number of methoxy groups -OCH3 is 1. The van der Waals surface area contributed by atoms with Crippen LogP contribution in [0, 0.1) is 0 Å². The zero-order valence-corrected chi connectivity index (χ0v) is 19.7. The second kappa shape index (κ2) is 12.4. The molecule has 0 spiro atoms. The number of nitrogens with zero attached hydrogens (tertiary/aromatic N) is 1. The number of benzene rings is 3. The van der Waals surface area contributed by atoms with Gasteiger partial charge in [0.25, 0.3) is 0 Å². The van der Waals surface area contributed by atoms with Crippen LogP contribution in [0.15, 0.2) is 66.7 Å². The zero-order valence-electron chi connectivity index (χ0n) is 18.9. The van der Waals surface area contributed by atoms with Crippen LogP contribution in [0.4, 0.5) is 0 Å². The minimum absolute atomic E-state index is 0. The molecule has 0 amide bonds. The van der Waals surface area contributed by atoms with E-state index in [1.54, 1.807) is 7.11 Å². The third kappa shape index (κ3) is 7.00. The summed E-state index contributed by atoms with van der Waals surface area (Å²) in [5.41, 5.74) is 6.30. The zero-order chi connectivity index (χ0) is 21.3. The average molecular weight is 441 g/mol. The Morgan fingerprint density at radius 2 is 1.55 bits per heavy atom. The number of hydrogen-bond acceptors (Lipinski definition) is 4. The van der Waals surface area contributed by atoms with Gasteiger partial charge in [0.05, 0.1) is 13.7 Å². The molecule has 4 nitrogen and oxygen atoms in total. The fraction of sp³-hybridized carbons (Fsp3) is 0.308. The monoisotopic (exact) mass is 440 g/mol. The molecule has 0 heterocycles. The Labute approximate surface area is 192 Å². The van der Waals surface area contributed by atoms with Crippen molar-refractivity contribution in [2.24, 2.45) is 0 Å². The highest BCUT2D eigenvalue weighted by atomic mass is 35.5. The van der Waals surface area contributed by atoms with E-state index in [4.69, 9.17) is 9.47 Å². The van der Waals surface area contributed by atoms with E-state index >= 15 is 0 Å². The normalized spacial score (nSPS) is 10.6. The Balaban J connectivity index is 0.00000341. The standard InChI is InChI=1S/C26H32N2O2.ClH/c1-5-30-26-16-21(12-15-25(26)29-4)17-27-18-23-8-6-7-9-24(23)22-13-10-20(11-14-22)19-28(2)3;/h6-16,27H,5,17-19H2,1-4H3;1H. The topological polar surface area (TPSA) is 33.7 Å². The molecule has 0 aromatic heterocycles. The van der Waals surface area contributed by atoms with Gasteiger partial charge in [-0.15, -0.1) is 12.4 Å². The highest BCUT2D eigenvalue weighted by molar-refractivity contribution is 5.85. The number of rotatable bonds is 10. The molecule has 1 N–H and O–H groups in total. The van der Waals surface area contributed by atoms with Gasteiger partial charge < -0.3 is 19.7 Å². The van der Waals surface area contributed by atoms with E-state index in [9.17, 15) is 0 Å². The molecular formula is C26H33ClN2O2. The van der Waals surface area contributed by atoms with Crippen molar-refractivity contribution in [2.45, 2.75) is 26.6 Å². The second-order valence-electron chi connectivity index (χ2n) is 7.61. The SMILES string of the molecule is CCOc1cc(CNCc2ccccc2-c2ccc(CN(C)C)cc2)ccc1OC.Cl. The predicted octanol–water partition coefficient (Wildman–Crippen LogP) is 5.53. The molecule has 3 aromatic rings. The van der Waals surface area contributed by atoms with Crippen molar-refractivity contribution in [2.75, 3.05) is 27.8 Å². The molecule has 3 rings (SSSR count). The minimum Gasteiger partial charge on any atom is -0.493 e. The van der Waals surface area contributed by atoms with Crippen molar-refractivity contribution < 1.29 is 9.47 Å². The molecule has 31 heavy (non-hydrogen) atoms. The second-order valence-corrected chi connectivity index (χ2v) is 7.61. The van der Waals surface area contributed by atoms with Crippen LogP contribution in [0.5, 0.6) is 11.5 Å². The Morgan fingerprint density at radius 1 is 0.839 bits per heavy atom. The lowest BCUT2D eigenvalue weighted by molar-refractivity contribution is 0.310. The van der Waals surface area contributed by atoms with Gasteiger partial charge in [-0.2, -0.15) is 0 Å². The number of nitrogens with one attached hydrogen (secondary N) is 1. The van der Waals surface area contributed by atoms with Crippen LogP contribution in [0.25, 0.3) is 11.1 Å². The lowest BCUT2D eigenvalue weighted by atomic mass is 9.98. The maximum absolute atomic E-state index is 5.69. The quantitative estimate of drug-likeness (QED) is 0.449. The summed E-state index contributed by atoms with van der Waals surface area (Å²) < 4.78 is 11.1.